The molecule has 1 amide bonds. The van der Waals surface area contributed by atoms with Gasteiger partial charge in [-0.25, -0.2) is 4.39 Å². The molecule has 0 radical (unpaired) electrons. The van der Waals surface area contributed by atoms with Gasteiger partial charge in [-0.15, -0.1) is 12.4 Å². The third-order valence-electron chi connectivity index (χ3n) is 2.02. The van der Waals surface area contributed by atoms with Gasteiger partial charge in [-0.1, -0.05) is 0 Å². The number of nitro benzene ring substituents is 1. The van der Waals surface area contributed by atoms with E-state index >= 15 is 0 Å². The highest BCUT2D eigenvalue weighted by Crippen LogP contribution is 2.16. The van der Waals surface area contributed by atoms with Crippen molar-refractivity contribution < 1.29 is 14.1 Å². The largest absolute Gasteiger partial charge is 0.351 e. The van der Waals surface area contributed by atoms with E-state index in [1.165, 1.54) is 0 Å². The number of nitro groups is 1. The summed E-state index contributed by atoms with van der Waals surface area (Å²) in [6.07, 6.45) is 0. The molecule has 2 N–H and O–H groups in total. The Labute approximate surface area is 109 Å². The fourth-order valence-corrected chi connectivity index (χ4v) is 1.21. The molecule has 18 heavy (non-hydrogen) atoms. The average molecular weight is 278 g/mol. The number of hydrogen-bond donors (Lipinski definition) is 2. The Morgan fingerprint density at radius 1 is 1.39 bits per heavy atom. The number of non-ortho nitro benzene ring substituents is 1. The first-order chi connectivity index (χ1) is 8.04. The lowest BCUT2D eigenvalue weighted by Crippen LogP contribution is -2.30. The number of amides is 1. The minimum atomic E-state index is -0.807. The zero-order valence-electron chi connectivity index (χ0n) is 9.60. The van der Waals surface area contributed by atoms with E-state index < -0.39 is 22.3 Å². The Morgan fingerprint density at radius 3 is 2.61 bits per heavy atom. The molecule has 0 fully saturated rings. The molecule has 0 saturated heterocycles. The molecule has 1 aromatic carbocycles. The number of benzene rings is 1. The van der Waals surface area contributed by atoms with Crippen molar-refractivity contribution >= 4 is 24.0 Å². The van der Waals surface area contributed by atoms with Crippen LogP contribution in [0.3, 0.4) is 0 Å². The number of carbonyl (C=O) groups excluding carboxylic acids is 1. The van der Waals surface area contributed by atoms with E-state index in [1.54, 1.807) is 7.05 Å². The molecule has 0 heterocycles. The maximum absolute atomic E-state index is 13.0. The van der Waals surface area contributed by atoms with Crippen molar-refractivity contribution in [2.75, 3.05) is 20.1 Å². The van der Waals surface area contributed by atoms with Crippen LogP contribution in [0.2, 0.25) is 0 Å². The topological polar surface area (TPSA) is 84.3 Å². The molecule has 0 aliphatic rings. The summed E-state index contributed by atoms with van der Waals surface area (Å²) in [5.74, 6) is -1.35. The maximum Gasteiger partial charge on any atom is 0.273 e. The van der Waals surface area contributed by atoms with Gasteiger partial charge in [0.15, 0.2) is 0 Å². The summed E-state index contributed by atoms with van der Waals surface area (Å²) in [7, 11) is 1.72. The molecule has 0 saturated carbocycles. The van der Waals surface area contributed by atoms with Gasteiger partial charge in [-0.05, 0) is 13.1 Å². The fraction of sp³-hybridized carbons (Fsp3) is 0.300. The minimum Gasteiger partial charge on any atom is -0.351 e. The van der Waals surface area contributed by atoms with Crippen LogP contribution in [0.1, 0.15) is 10.4 Å². The van der Waals surface area contributed by atoms with Crippen molar-refractivity contribution in [1.82, 2.24) is 10.6 Å². The van der Waals surface area contributed by atoms with Gasteiger partial charge in [0.1, 0.15) is 5.82 Å². The highest BCUT2D eigenvalue weighted by atomic mass is 35.5. The second kappa shape index (κ2) is 7.57. The number of rotatable bonds is 5. The van der Waals surface area contributed by atoms with Crippen LogP contribution in [0.4, 0.5) is 10.1 Å². The molecule has 0 unspecified atom stereocenters. The van der Waals surface area contributed by atoms with Crippen LogP contribution in [0.15, 0.2) is 18.2 Å². The summed E-state index contributed by atoms with van der Waals surface area (Å²) in [5, 5.41) is 15.8. The van der Waals surface area contributed by atoms with Crippen molar-refractivity contribution in [2.45, 2.75) is 0 Å². The van der Waals surface area contributed by atoms with E-state index in [9.17, 15) is 19.3 Å². The first-order valence-corrected chi connectivity index (χ1v) is 4.92. The third kappa shape index (κ3) is 4.64. The van der Waals surface area contributed by atoms with Crippen molar-refractivity contribution in [3.63, 3.8) is 0 Å². The normalized spacial score (nSPS) is 9.44. The minimum absolute atomic E-state index is 0. The summed E-state index contributed by atoms with van der Waals surface area (Å²) in [4.78, 5) is 21.3. The van der Waals surface area contributed by atoms with Crippen LogP contribution >= 0.6 is 12.4 Å². The van der Waals surface area contributed by atoms with Gasteiger partial charge in [0.25, 0.3) is 11.6 Å². The van der Waals surface area contributed by atoms with Crippen LogP contribution < -0.4 is 10.6 Å². The van der Waals surface area contributed by atoms with Gasteiger partial charge in [0, 0.05) is 24.7 Å². The first-order valence-electron chi connectivity index (χ1n) is 4.92. The number of halogens is 2. The first kappa shape index (κ1) is 16.3. The molecule has 8 heteroatoms. The van der Waals surface area contributed by atoms with Crippen LogP contribution in [0, 0.1) is 15.9 Å². The molecule has 0 atom stereocenters. The smallest absolute Gasteiger partial charge is 0.273 e. The lowest BCUT2D eigenvalue weighted by molar-refractivity contribution is -0.385. The Kier molecular flexibility index (Phi) is 6.84. The molecule has 0 spiro atoms. The lowest BCUT2D eigenvalue weighted by atomic mass is 10.2. The number of nitrogens with zero attached hydrogens (tertiary/aromatic N) is 1. The average Bonchev–Trinajstić information content (AvgIpc) is 2.28. The molecular formula is C10H13ClFN3O3. The van der Waals surface area contributed by atoms with Crippen molar-refractivity contribution in [1.29, 1.82) is 0 Å². The monoisotopic (exact) mass is 277 g/mol. The molecule has 6 nitrogen and oxygen atoms in total. The van der Waals surface area contributed by atoms with E-state index in [0.717, 1.165) is 18.2 Å². The van der Waals surface area contributed by atoms with E-state index in [-0.39, 0.29) is 18.0 Å². The molecule has 0 aliphatic heterocycles. The van der Waals surface area contributed by atoms with E-state index in [2.05, 4.69) is 10.6 Å². The number of carbonyl (C=O) groups is 1. The molecule has 0 aliphatic carbocycles. The Morgan fingerprint density at radius 2 is 2.06 bits per heavy atom. The van der Waals surface area contributed by atoms with Gasteiger partial charge < -0.3 is 10.6 Å². The maximum atomic E-state index is 13.0. The highest BCUT2D eigenvalue weighted by Gasteiger charge is 2.14. The lowest BCUT2D eigenvalue weighted by Gasteiger charge is -2.04. The Bertz CT molecular complexity index is 442. The zero-order valence-corrected chi connectivity index (χ0v) is 10.4. The van der Waals surface area contributed by atoms with E-state index in [0.29, 0.717) is 13.1 Å². The van der Waals surface area contributed by atoms with E-state index in [1.807, 2.05) is 0 Å². The molecular weight excluding hydrogens is 265 g/mol. The predicted octanol–water partition coefficient (Wildman–Crippen LogP) is 1.10. The van der Waals surface area contributed by atoms with Gasteiger partial charge in [0.05, 0.1) is 11.0 Å². The van der Waals surface area contributed by atoms with Gasteiger partial charge in [-0.3, -0.25) is 14.9 Å². The van der Waals surface area contributed by atoms with Crippen LogP contribution in [0.25, 0.3) is 0 Å². The summed E-state index contributed by atoms with van der Waals surface area (Å²) in [6, 6.07) is 2.77. The second-order valence-corrected chi connectivity index (χ2v) is 3.31. The summed E-state index contributed by atoms with van der Waals surface area (Å²) >= 11 is 0. The number of likely N-dealkylation sites (N-methyl/N-ethyl adjacent to an activating group) is 1. The third-order valence-corrected chi connectivity index (χ3v) is 2.02. The molecule has 0 aromatic heterocycles. The van der Waals surface area contributed by atoms with Gasteiger partial charge >= 0.3 is 0 Å². The Balaban J connectivity index is 0.00000289. The summed E-state index contributed by atoms with van der Waals surface area (Å²) < 4.78 is 13.0. The molecule has 0 bridgehead atoms. The standard InChI is InChI=1S/C10H12FN3O3.ClH/c1-12-2-3-13-10(15)7-4-8(11)6-9(5-7)14(16)17;/h4-6,12H,2-3H2,1H3,(H,13,15);1H. The van der Waals surface area contributed by atoms with Crippen molar-refractivity contribution in [3.05, 3.63) is 39.7 Å². The van der Waals surface area contributed by atoms with Gasteiger partial charge in [0.2, 0.25) is 0 Å². The van der Waals surface area contributed by atoms with Crippen molar-refractivity contribution in [2.24, 2.45) is 0 Å². The van der Waals surface area contributed by atoms with Crippen LogP contribution in [-0.2, 0) is 0 Å². The number of hydrogen-bond acceptors (Lipinski definition) is 4. The zero-order chi connectivity index (χ0) is 12.8. The molecule has 100 valence electrons. The van der Waals surface area contributed by atoms with Crippen LogP contribution in [0.5, 0.6) is 0 Å². The highest BCUT2D eigenvalue weighted by molar-refractivity contribution is 5.94. The summed E-state index contributed by atoms with van der Waals surface area (Å²) in [6.45, 7) is 0.919. The molecule has 1 aromatic rings. The SMILES string of the molecule is CNCCNC(=O)c1cc(F)cc([N+](=O)[O-])c1.Cl. The molecule has 1 rings (SSSR count). The quantitative estimate of drug-likeness (QED) is 0.480. The van der Waals surface area contributed by atoms with Gasteiger partial charge in [-0.2, -0.15) is 0 Å². The Hall–Kier alpha value is -1.73. The fourth-order valence-electron chi connectivity index (χ4n) is 1.21. The van der Waals surface area contributed by atoms with Crippen LogP contribution in [-0.4, -0.2) is 31.0 Å². The predicted molar refractivity (Wildman–Crippen MR) is 66.6 cm³/mol. The second-order valence-electron chi connectivity index (χ2n) is 3.31. The van der Waals surface area contributed by atoms with Crippen molar-refractivity contribution in [3.8, 4) is 0 Å². The summed E-state index contributed by atoms with van der Waals surface area (Å²) in [5.41, 5.74) is -0.503. The number of nitrogens with one attached hydrogen (secondary N) is 2. The van der Waals surface area contributed by atoms with E-state index in [4.69, 9.17) is 0 Å².